The van der Waals surface area contributed by atoms with Crippen molar-refractivity contribution in [1.29, 1.82) is 0 Å². The van der Waals surface area contributed by atoms with Crippen molar-refractivity contribution < 1.29 is 0 Å². The van der Waals surface area contributed by atoms with Crippen molar-refractivity contribution in [2.24, 2.45) is 0 Å². The highest BCUT2D eigenvalue weighted by Gasteiger charge is 2.09. The van der Waals surface area contributed by atoms with Crippen LogP contribution in [0.25, 0.3) is 16.7 Å². The normalized spacial score (nSPS) is 10.3. The molecule has 0 aliphatic rings. The van der Waals surface area contributed by atoms with E-state index in [1.807, 2.05) is 6.07 Å². The minimum atomic E-state index is 1.09. The van der Waals surface area contributed by atoms with E-state index >= 15 is 0 Å². The number of rotatable bonds is 3. The third-order valence-corrected chi connectivity index (χ3v) is 4.09. The Morgan fingerprint density at radius 2 is 1.53 bits per heavy atom. The summed E-state index contributed by atoms with van der Waals surface area (Å²) in [5.41, 5.74) is 4.77. The SMILES string of the molecule is C=C(c1cccs1)c1ccccc1-c1ccccc1. The molecule has 2 aromatic carbocycles. The molecule has 1 heteroatoms. The first kappa shape index (κ1) is 11.9. The van der Waals surface area contributed by atoms with Crippen molar-refractivity contribution in [2.45, 2.75) is 0 Å². The largest absolute Gasteiger partial charge is 0.144 e. The maximum atomic E-state index is 4.26. The fourth-order valence-corrected chi connectivity index (χ4v) is 2.91. The lowest BCUT2D eigenvalue weighted by molar-refractivity contribution is 1.57. The Kier molecular flexibility index (Phi) is 3.30. The van der Waals surface area contributed by atoms with E-state index in [9.17, 15) is 0 Å². The topological polar surface area (TPSA) is 0 Å². The number of hydrogen-bond donors (Lipinski definition) is 0. The summed E-state index contributed by atoms with van der Waals surface area (Å²) in [5.74, 6) is 0. The highest BCUT2D eigenvalue weighted by molar-refractivity contribution is 7.11. The van der Waals surface area contributed by atoms with E-state index in [1.54, 1.807) is 11.3 Å². The van der Waals surface area contributed by atoms with Gasteiger partial charge >= 0.3 is 0 Å². The van der Waals surface area contributed by atoms with Gasteiger partial charge < -0.3 is 0 Å². The van der Waals surface area contributed by atoms with Crippen molar-refractivity contribution in [3.8, 4) is 11.1 Å². The second kappa shape index (κ2) is 5.25. The molecular weight excluding hydrogens is 248 g/mol. The van der Waals surface area contributed by atoms with Gasteiger partial charge in [-0.25, -0.2) is 0 Å². The van der Waals surface area contributed by atoms with Crippen LogP contribution in [0.3, 0.4) is 0 Å². The van der Waals surface area contributed by atoms with Gasteiger partial charge in [-0.1, -0.05) is 67.2 Å². The molecule has 1 heterocycles. The smallest absolute Gasteiger partial charge is 0.0342 e. The van der Waals surface area contributed by atoms with Crippen molar-refractivity contribution in [2.75, 3.05) is 0 Å². The summed E-state index contributed by atoms with van der Waals surface area (Å²) in [7, 11) is 0. The Morgan fingerprint density at radius 1 is 0.789 bits per heavy atom. The van der Waals surface area contributed by atoms with E-state index in [-0.39, 0.29) is 0 Å². The summed E-state index contributed by atoms with van der Waals surface area (Å²) in [5, 5.41) is 2.09. The number of thiophene rings is 1. The molecule has 1 aromatic heterocycles. The van der Waals surface area contributed by atoms with E-state index in [0.717, 1.165) is 5.57 Å². The molecule has 0 unspecified atom stereocenters. The highest BCUT2D eigenvalue weighted by Crippen LogP contribution is 2.33. The van der Waals surface area contributed by atoms with Crippen LogP contribution in [0.15, 0.2) is 78.7 Å². The number of benzene rings is 2. The Hall–Kier alpha value is -2.12. The quantitative estimate of drug-likeness (QED) is 0.586. The number of hydrogen-bond acceptors (Lipinski definition) is 1. The summed E-state index contributed by atoms with van der Waals surface area (Å²) in [6, 6.07) is 23.1. The molecule has 19 heavy (non-hydrogen) atoms. The van der Waals surface area contributed by atoms with Gasteiger partial charge in [-0.15, -0.1) is 11.3 Å². The van der Waals surface area contributed by atoms with Crippen LogP contribution in [0.1, 0.15) is 10.4 Å². The van der Waals surface area contributed by atoms with E-state index < -0.39 is 0 Å². The minimum absolute atomic E-state index is 1.09. The highest BCUT2D eigenvalue weighted by atomic mass is 32.1. The van der Waals surface area contributed by atoms with Gasteiger partial charge in [0, 0.05) is 4.88 Å². The van der Waals surface area contributed by atoms with Gasteiger partial charge in [0.1, 0.15) is 0 Å². The average molecular weight is 262 g/mol. The predicted octanol–water partition coefficient (Wildman–Crippen LogP) is 5.48. The van der Waals surface area contributed by atoms with Crippen LogP contribution in [-0.2, 0) is 0 Å². The molecule has 0 radical (unpaired) electrons. The molecular formula is C18H14S. The Labute approximate surface area is 117 Å². The third-order valence-electron chi connectivity index (χ3n) is 3.16. The summed E-state index contributed by atoms with van der Waals surface area (Å²) < 4.78 is 0. The van der Waals surface area contributed by atoms with E-state index in [2.05, 4.69) is 72.6 Å². The standard InChI is InChI=1S/C18H14S/c1-14(18-12-7-13-19-18)16-10-5-6-11-17(16)15-8-3-2-4-9-15/h2-13H,1H2. The zero-order valence-electron chi connectivity index (χ0n) is 10.5. The van der Waals surface area contributed by atoms with Crippen molar-refractivity contribution in [3.63, 3.8) is 0 Å². The monoisotopic (exact) mass is 262 g/mol. The molecule has 0 saturated heterocycles. The van der Waals surface area contributed by atoms with Crippen LogP contribution in [0, 0.1) is 0 Å². The van der Waals surface area contributed by atoms with Crippen molar-refractivity contribution >= 4 is 16.9 Å². The first-order valence-corrected chi connectivity index (χ1v) is 7.12. The van der Waals surface area contributed by atoms with Crippen LogP contribution in [0.4, 0.5) is 0 Å². The molecule has 0 atom stereocenters. The van der Waals surface area contributed by atoms with Gasteiger partial charge in [0.05, 0.1) is 0 Å². The molecule has 0 N–H and O–H groups in total. The Morgan fingerprint density at radius 3 is 2.26 bits per heavy atom. The van der Waals surface area contributed by atoms with Crippen LogP contribution in [-0.4, -0.2) is 0 Å². The van der Waals surface area contributed by atoms with Gasteiger partial charge in [-0.3, -0.25) is 0 Å². The molecule has 0 aliphatic carbocycles. The summed E-state index contributed by atoms with van der Waals surface area (Å²) in [6.07, 6.45) is 0. The first-order chi connectivity index (χ1) is 9.36. The fraction of sp³-hybridized carbons (Fsp3) is 0. The lowest BCUT2D eigenvalue weighted by Crippen LogP contribution is -1.88. The molecule has 92 valence electrons. The summed E-state index contributed by atoms with van der Waals surface area (Å²) in [4.78, 5) is 1.23. The third kappa shape index (κ3) is 2.38. The van der Waals surface area contributed by atoms with E-state index in [0.29, 0.717) is 0 Å². The average Bonchev–Trinajstić information content (AvgIpc) is 3.02. The molecule has 3 rings (SSSR count). The van der Waals surface area contributed by atoms with Crippen LogP contribution >= 0.6 is 11.3 Å². The van der Waals surface area contributed by atoms with E-state index in [4.69, 9.17) is 0 Å². The Bertz CT molecular complexity index is 679. The Balaban J connectivity index is 2.11. The fourth-order valence-electron chi connectivity index (χ4n) is 2.20. The lowest BCUT2D eigenvalue weighted by atomic mass is 9.95. The molecule has 0 saturated carbocycles. The van der Waals surface area contributed by atoms with Crippen molar-refractivity contribution in [1.82, 2.24) is 0 Å². The zero-order chi connectivity index (χ0) is 13.1. The molecule has 0 spiro atoms. The van der Waals surface area contributed by atoms with Crippen LogP contribution < -0.4 is 0 Å². The lowest BCUT2D eigenvalue weighted by Gasteiger charge is -2.11. The van der Waals surface area contributed by atoms with Gasteiger partial charge in [0.2, 0.25) is 0 Å². The summed E-state index contributed by atoms with van der Waals surface area (Å²) >= 11 is 1.73. The van der Waals surface area contributed by atoms with Gasteiger partial charge in [-0.2, -0.15) is 0 Å². The van der Waals surface area contributed by atoms with Crippen LogP contribution in [0.5, 0.6) is 0 Å². The first-order valence-electron chi connectivity index (χ1n) is 6.24. The molecule has 3 aromatic rings. The van der Waals surface area contributed by atoms with Gasteiger partial charge in [0.25, 0.3) is 0 Å². The molecule has 0 bridgehead atoms. The maximum Gasteiger partial charge on any atom is 0.0342 e. The second-order valence-electron chi connectivity index (χ2n) is 4.37. The second-order valence-corrected chi connectivity index (χ2v) is 5.32. The van der Waals surface area contributed by atoms with E-state index in [1.165, 1.54) is 21.6 Å². The van der Waals surface area contributed by atoms with Gasteiger partial charge in [-0.05, 0) is 33.7 Å². The molecule has 0 fully saturated rings. The summed E-state index contributed by atoms with van der Waals surface area (Å²) in [6.45, 7) is 4.26. The molecule has 0 aliphatic heterocycles. The predicted molar refractivity (Wildman–Crippen MR) is 84.3 cm³/mol. The zero-order valence-corrected chi connectivity index (χ0v) is 11.4. The molecule has 0 nitrogen and oxygen atoms in total. The van der Waals surface area contributed by atoms with Crippen molar-refractivity contribution in [3.05, 3.63) is 89.1 Å². The molecule has 0 amide bonds. The minimum Gasteiger partial charge on any atom is -0.144 e. The van der Waals surface area contributed by atoms with Gasteiger partial charge in [0.15, 0.2) is 0 Å². The maximum absolute atomic E-state index is 4.26. The van der Waals surface area contributed by atoms with Crippen LogP contribution in [0.2, 0.25) is 0 Å².